The normalized spacial score (nSPS) is 28.9. The second-order valence-electron chi connectivity index (χ2n) is 3.90. The van der Waals surface area contributed by atoms with Gasteiger partial charge in [0, 0.05) is 19.1 Å². The van der Waals surface area contributed by atoms with Crippen LogP contribution in [0.5, 0.6) is 0 Å². The van der Waals surface area contributed by atoms with Crippen molar-refractivity contribution in [2.45, 2.75) is 26.3 Å². The van der Waals surface area contributed by atoms with Gasteiger partial charge >= 0.3 is 0 Å². The van der Waals surface area contributed by atoms with Gasteiger partial charge in [-0.1, -0.05) is 13.8 Å². The van der Waals surface area contributed by atoms with Crippen LogP contribution in [0.15, 0.2) is 0 Å². The van der Waals surface area contributed by atoms with Crippen LogP contribution in [0.25, 0.3) is 0 Å². The fourth-order valence-corrected chi connectivity index (χ4v) is 1.58. The number of hydrogen-bond donors (Lipinski definition) is 1. The van der Waals surface area contributed by atoms with E-state index in [1.807, 2.05) is 0 Å². The minimum Gasteiger partial charge on any atom is -0.312 e. The Morgan fingerprint density at radius 3 is 2.73 bits per heavy atom. The quantitative estimate of drug-likeness (QED) is 0.608. The lowest BCUT2D eigenvalue weighted by molar-refractivity contribution is 0.344. The second kappa shape index (κ2) is 4.07. The van der Waals surface area contributed by atoms with Gasteiger partial charge < -0.3 is 10.2 Å². The molecule has 1 N–H and O–H groups in total. The zero-order valence-corrected chi connectivity index (χ0v) is 7.93. The summed E-state index contributed by atoms with van der Waals surface area (Å²) in [6, 6.07) is 0.736. The van der Waals surface area contributed by atoms with E-state index < -0.39 is 0 Å². The highest BCUT2D eigenvalue weighted by molar-refractivity contribution is 4.75. The van der Waals surface area contributed by atoms with Gasteiger partial charge in [0.2, 0.25) is 0 Å². The van der Waals surface area contributed by atoms with Crippen molar-refractivity contribution < 1.29 is 0 Å². The molecule has 0 radical (unpaired) electrons. The van der Waals surface area contributed by atoms with Crippen LogP contribution in [0, 0.1) is 5.92 Å². The van der Waals surface area contributed by atoms with Crippen LogP contribution in [-0.4, -0.2) is 37.6 Å². The standard InChI is InChI=1S/C9H20N2/c1-8(2)9-4-6-11(3)7-5-10-9/h8-10H,4-7H2,1-3H3. The SMILES string of the molecule is CC(C)C1CCN(C)CCN1. The molecule has 0 spiro atoms. The zero-order valence-electron chi connectivity index (χ0n) is 7.93. The van der Waals surface area contributed by atoms with Crippen molar-refractivity contribution in [3.63, 3.8) is 0 Å². The van der Waals surface area contributed by atoms with Crippen molar-refractivity contribution >= 4 is 0 Å². The fraction of sp³-hybridized carbons (Fsp3) is 1.00. The van der Waals surface area contributed by atoms with Gasteiger partial charge in [-0.25, -0.2) is 0 Å². The van der Waals surface area contributed by atoms with Gasteiger partial charge in [-0.3, -0.25) is 0 Å². The highest BCUT2D eigenvalue weighted by Crippen LogP contribution is 2.08. The van der Waals surface area contributed by atoms with Crippen LogP contribution < -0.4 is 5.32 Å². The van der Waals surface area contributed by atoms with Crippen LogP contribution in [0.3, 0.4) is 0 Å². The second-order valence-corrected chi connectivity index (χ2v) is 3.90. The van der Waals surface area contributed by atoms with E-state index in [0.717, 1.165) is 18.5 Å². The monoisotopic (exact) mass is 156 g/mol. The van der Waals surface area contributed by atoms with Gasteiger partial charge in [0.25, 0.3) is 0 Å². The summed E-state index contributed by atoms with van der Waals surface area (Å²) in [5, 5.41) is 3.57. The van der Waals surface area contributed by atoms with E-state index in [9.17, 15) is 0 Å². The third-order valence-electron chi connectivity index (χ3n) is 2.53. The highest BCUT2D eigenvalue weighted by atomic mass is 15.1. The summed E-state index contributed by atoms with van der Waals surface area (Å²) in [6.45, 7) is 8.18. The van der Waals surface area contributed by atoms with Crippen molar-refractivity contribution in [3.8, 4) is 0 Å². The minimum atomic E-state index is 0.736. The first-order chi connectivity index (χ1) is 5.20. The lowest BCUT2D eigenvalue weighted by Gasteiger charge is -2.19. The van der Waals surface area contributed by atoms with E-state index in [-0.39, 0.29) is 0 Å². The molecular formula is C9H20N2. The van der Waals surface area contributed by atoms with E-state index in [1.165, 1.54) is 19.5 Å². The molecule has 1 aliphatic heterocycles. The molecule has 11 heavy (non-hydrogen) atoms. The minimum absolute atomic E-state index is 0.736. The van der Waals surface area contributed by atoms with Gasteiger partial charge in [-0.15, -0.1) is 0 Å². The van der Waals surface area contributed by atoms with Crippen molar-refractivity contribution in [2.24, 2.45) is 5.92 Å². The van der Waals surface area contributed by atoms with Gasteiger partial charge in [0.05, 0.1) is 0 Å². The molecule has 2 heteroatoms. The number of hydrogen-bond acceptors (Lipinski definition) is 2. The Kier molecular flexibility index (Phi) is 3.34. The number of rotatable bonds is 1. The number of likely N-dealkylation sites (N-methyl/N-ethyl adjacent to an activating group) is 1. The topological polar surface area (TPSA) is 15.3 Å². The summed E-state index contributed by atoms with van der Waals surface area (Å²) < 4.78 is 0. The number of nitrogens with zero attached hydrogens (tertiary/aromatic N) is 1. The number of nitrogens with one attached hydrogen (secondary N) is 1. The molecule has 1 unspecified atom stereocenters. The molecule has 0 aromatic carbocycles. The first kappa shape index (κ1) is 9.01. The molecule has 0 aliphatic carbocycles. The molecule has 1 fully saturated rings. The molecule has 0 aromatic rings. The fourth-order valence-electron chi connectivity index (χ4n) is 1.58. The molecule has 1 atom stereocenters. The molecular weight excluding hydrogens is 136 g/mol. The van der Waals surface area contributed by atoms with Crippen LogP contribution in [0.2, 0.25) is 0 Å². The molecule has 2 nitrogen and oxygen atoms in total. The summed E-state index contributed by atoms with van der Waals surface area (Å²) >= 11 is 0. The summed E-state index contributed by atoms with van der Waals surface area (Å²) in [6.07, 6.45) is 1.30. The molecule has 0 bridgehead atoms. The van der Waals surface area contributed by atoms with Gasteiger partial charge in [-0.05, 0) is 25.9 Å². The van der Waals surface area contributed by atoms with Crippen LogP contribution in [-0.2, 0) is 0 Å². The zero-order chi connectivity index (χ0) is 8.27. The van der Waals surface area contributed by atoms with Crippen molar-refractivity contribution in [1.29, 1.82) is 0 Å². The van der Waals surface area contributed by atoms with Crippen molar-refractivity contribution in [3.05, 3.63) is 0 Å². The Hall–Kier alpha value is -0.0800. The predicted octanol–water partition coefficient (Wildman–Crippen LogP) is 0.936. The third-order valence-corrected chi connectivity index (χ3v) is 2.53. The van der Waals surface area contributed by atoms with E-state index in [0.29, 0.717) is 0 Å². The van der Waals surface area contributed by atoms with E-state index in [4.69, 9.17) is 0 Å². The lowest BCUT2D eigenvalue weighted by Crippen LogP contribution is -2.34. The third kappa shape index (κ3) is 2.80. The predicted molar refractivity (Wildman–Crippen MR) is 48.7 cm³/mol. The average Bonchev–Trinajstić information content (AvgIpc) is 2.13. The van der Waals surface area contributed by atoms with Crippen LogP contribution in [0.4, 0.5) is 0 Å². The summed E-state index contributed by atoms with van der Waals surface area (Å²) in [5.41, 5.74) is 0. The maximum absolute atomic E-state index is 3.57. The maximum Gasteiger partial charge on any atom is 0.0104 e. The van der Waals surface area contributed by atoms with Gasteiger partial charge in [-0.2, -0.15) is 0 Å². The largest absolute Gasteiger partial charge is 0.312 e. The first-order valence-corrected chi connectivity index (χ1v) is 4.62. The Morgan fingerprint density at radius 1 is 1.36 bits per heavy atom. The summed E-state index contributed by atoms with van der Waals surface area (Å²) in [4.78, 5) is 2.40. The average molecular weight is 156 g/mol. The van der Waals surface area contributed by atoms with Crippen molar-refractivity contribution in [2.75, 3.05) is 26.7 Å². The molecule has 66 valence electrons. The first-order valence-electron chi connectivity index (χ1n) is 4.62. The molecule has 0 aromatic heterocycles. The smallest absolute Gasteiger partial charge is 0.0104 e. The Labute approximate surface area is 70.0 Å². The Bertz CT molecular complexity index is 112. The van der Waals surface area contributed by atoms with Crippen LogP contribution in [0.1, 0.15) is 20.3 Å². The highest BCUT2D eigenvalue weighted by Gasteiger charge is 2.16. The van der Waals surface area contributed by atoms with E-state index in [1.54, 1.807) is 0 Å². The summed E-state index contributed by atoms with van der Waals surface area (Å²) in [7, 11) is 2.20. The molecule has 1 heterocycles. The molecule has 0 amide bonds. The van der Waals surface area contributed by atoms with Gasteiger partial charge in [0.15, 0.2) is 0 Å². The van der Waals surface area contributed by atoms with E-state index in [2.05, 4.69) is 31.1 Å². The lowest BCUT2D eigenvalue weighted by atomic mass is 10.0. The molecule has 1 aliphatic rings. The summed E-state index contributed by atoms with van der Waals surface area (Å²) in [5.74, 6) is 0.779. The van der Waals surface area contributed by atoms with E-state index >= 15 is 0 Å². The molecule has 1 rings (SSSR count). The van der Waals surface area contributed by atoms with Gasteiger partial charge in [0.1, 0.15) is 0 Å². The van der Waals surface area contributed by atoms with Crippen LogP contribution >= 0.6 is 0 Å². The maximum atomic E-state index is 3.57. The molecule has 0 saturated carbocycles. The molecule has 1 saturated heterocycles. The van der Waals surface area contributed by atoms with Crippen molar-refractivity contribution in [1.82, 2.24) is 10.2 Å². The Balaban J connectivity index is 2.34. The Morgan fingerprint density at radius 2 is 2.09 bits per heavy atom.